The lowest BCUT2D eigenvalue weighted by Gasteiger charge is -2.09. The lowest BCUT2D eigenvalue weighted by Crippen LogP contribution is -2.20. The third-order valence-corrected chi connectivity index (χ3v) is 2.20. The lowest BCUT2D eigenvalue weighted by atomic mass is 10.1. The fourth-order valence-corrected chi connectivity index (χ4v) is 1.36. The zero-order valence-corrected chi connectivity index (χ0v) is 9.16. The number of nitrogens with one attached hydrogen (secondary N) is 1. The van der Waals surface area contributed by atoms with E-state index in [1.54, 1.807) is 6.92 Å². The molecule has 17 heavy (non-hydrogen) atoms. The molecule has 0 saturated heterocycles. The third-order valence-electron chi connectivity index (χ3n) is 2.20. The number of hydrogen-bond acceptors (Lipinski definition) is 3. The molecule has 5 nitrogen and oxygen atoms in total. The van der Waals surface area contributed by atoms with Crippen LogP contribution in [0.15, 0.2) is 12.1 Å². The van der Waals surface area contributed by atoms with Crippen molar-refractivity contribution >= 4 is 17.3 Å². The van der Waals surface area contributed by atoms with Gasteiger partial charge in [0.05, 0.1) is 10.6 Å². The maximum Gasteiger partial charge on any atom is 0.315 e. The molecule has 92 valence electrons. The molecule has 1 N–H and O–H groups in total. The molecule has 0 radical (unpaired) electrons. The average molecular weight is 244 g/mol. The Morgan fingerprint density at radius 3 is 2.41 bits per heavy atom. The topological polar surface area (TPSA) is 72.2 Å². The van der Waals surface area contributed by atoms with Crippen LogP contribution in [0.2, 0.25) is 0 Å². The van der Waals surface area contributed by atoms with Crippen molar-refractivity contribution in [1.29, 1.82) is 0 Å². The fourth-order valence-electron chi connectivity index (χ4n) is 1.36. The number of carbonyl (C=O) groups is 1. The maximum atomic E-state index is 12.0. The zero-order chi connectivity index (χ0) is 13.2. The van der Waals surface area contributed by atoms with E-state index in [1.807, 2.05) is 5.32 Å². The molecule has 0 aliphatic rings. The van der Waals surface area contributed by atoms with E-state index < -0.39 is 17.3 Å². The first-order valence-electron chi connectivity index (χ1n) is 4.67. The number of halogens is 2. The van der Waals surface area contributed by atoms with E-state index in [-0.39, 0.29) is 11.4 Å². The van der Waals surface area contributed by atoms with Crippen LogP contribution in [-0.4, -0.2) is 17.3 Å². The number of aryl methyl sites for hydroxylation is 2. The molecule has 1 rings (SSSR count). The largest absolute Gasteiger partial charge is 0.321 e. The molecule has 1 aromatic carbocycles. The summed E-state index contributed by atoms with van der Waals surface area (Å²) in [5.74, 6) is -1.48. The van der Waals surface area contributed by atoms with Crippen molar-refractivity contribution in [2.45, 2.75) is 20.3 Å². The summed E-state index contributed by atoms with van der Waals surface area (Å²) in [6, 6.07) is 2.53. The summed E-state index contributed by atoms with van der Waals surface area (Å²) >= 11 is 0. The summed E-state index contributed by atoms with van der Waals surface area (Å²) in [4.78, 5) is 20.8. The lowest BCUT2D eigenvalue weighted by molar-refractivity contribution is -0.385. The number of rotatable bonds is 3. The molecule has 0 aromatic heterocycles. The molecule has 0 unspecified atom stereocenters. The monoisotopic (exact) mass is 244 g/mol. The van der Waals surface area contributed by atoms with Crippen LogP contribution in [-0.2, 0) is 4.79 Å². The Kier molecular flexibility index (Phi) is 3.72. The highest BCUT2D eigenvalue weighted by atomic mass is 19.3. The first-order valence-corrected chi connectivity index (χ1v) is 4.67. The van der Waals surface area contributed by atoms with Crippen molar-refractivity contribution in [3.05, 3.63) is 33.4 Å². The van der Waals surface area contributed by atoms with Gasteiger partial charge in [-0.25, -0.2) is 0 Å². The van der Waals surface area contributed by atoms with Gasteiger partial charge in [0, 0.05) is 11.6 Å². The van der Waals surface area contributed by atoms with E-state index in [0.29, 0.717) is 11.1 Å². The number of carbonyl (C=O) groups excluding carboxylic acids is 1. The van der Waals surface area contributed by atoms with Crippen molar-refractivity contribution in [2.75, 3.05) is 5.32 Å². The molecule has 1 aromatic rings. The van der Waals surface area contributed by atoms with Crippen LogP contribution in [0.3, 0.4) is 0 Å². The SMILES string of the molecule is Cc1cc(C)c([N+](=O)[O-])cc1NC(=O)C(F)F. The van der Waals surface area contributed by atoms with Gasteiger partial charge in [-0.05, 0) is 25.5 Å². The summed E-state index contributed by atoms with van der Waals surface area (Å²) in [7, 11) is 0. The van der Waals surface area contributed by atoms with E-state index in [1.165, 1.54) is 13.0 Å². The zero-order valence-electron chi connectivity index (χ0n) is 9.16. The van der Waals surface area contributed by atoms with Crippen molar-refractivity contribution in [3.63, 3.8) is 0 Å². The Morgan fingerprint density at radius 2 is 1.94 bits per heavy atom. The molecule has 0 aliphatic carbocycles. The molecule has 0 spiro atoms. The van der Waals surface area contributed by atoms with Crippen molar-refractivity contribution < 1.29 is 18.5 Å². The molecule has 0 fully saturated rings. The van der Waals surface area contributed by atoms with Gasteiger partial charge in [-0.1, -0.05) is 0 Å². The number of alkyl halides is 2. The van der Waals surface area contributed by atoms with E-state index >= 15 is 0 Å². The molecule has 0 heterocycles. The minimum atomic E-state index is -3.16. The molecule has 0 bridgehead atoms. The Morgan fingerprint density at radius 1 is 1.35 bits per heavy atom. The van der Waals surface area contributed by atoms with Crippen LogP contribution in [0.5, 0.6) is 0 Å². The second-order valence-electron chi connectivity index (χ2n) is 3.50. The summed E-state index contributed by atoms with van der Waals surface area (Å²) in [5, 5.41) is 12.6. The normalized spacial score (nSPS) is 10.4. The molecule has 0 aliphatic heterocycles. The maximum absolute atomic E-state index is 12.0. The second kappa shape index (κ2) is 4.86. The van der Waals surface area contributed by atoms with Gasteiger partial charge in [0.2, 0.25) is 0 Å². The quantitative estimate of drug-likeness (QED) is 0.655. The third kappa shape index (κ3) is 2.96. The highest BCUT2D eigenvalue weighted by molar-refractivity contribution is 5.94. The van der Waals surface area contributed by atoms with Crippen LogP contribution in [0.1, 0.15) is 11.1 Å². The molecule has 0 atom stereocenters. The average Bonchev–Trinajstić information content (AvgIpc) is 2.21. The Bertz CT molecular complexity index is 475. The van der Waals surface area contributed by atoms with Gasteiger partial charge in [0.25, 0.3) is 11.6 Å². The van der Waals surface area contributed by atoms with Crippen LogP contribution >= 0.6 is 0 Å². The van der Waals surface area contributed by atoms with Gasteiger partial charge in [0.15, 0.2) is 0 Å². The van der Waals surface area contributed by atoms with Crippen LogP contribution in [0.25, 0.3) is 0 Å². The van der Waals surface area contributed by atoms with E-state index in [2.05, 4.69) is 0 Å². The number of nitro groups is 1. The molecular weight excluding hydrogens is 234 g/mol. The van der Waals surface area contributed by atoms with Crippen LogP contribution < -0.4 is 5.32 Å². The standard InChI is InChI=1S/C10H10F2N2O3/c1-5-3-6(2)8(14(16)17)4-7(5)13-10(15)9(11)12/h3-4,9H,1-2H3,(H,13,15). The van der Waals surface area contributed by atoms with Gasteiger partial charge in [-0.15, -0.1) is 0 Å². The number of nitrogens with zero attached hydrogens (tertiary/aromatic N) is 1. The van der Waals surface area contributed by atoms with Crippen molar-refractivity contribution in [2.24, 2.45) is 0 Å². The second-order valence-corrected chi connectivity index (χ2v) is 3.50. The number of hydrogen-bond donors (Lipinski definition) is 1. The molecular formula is C10H10F2N2O3. The van der Waals surface area contributed by atoms with Gasteiger partial charge in [0.1, 0.15) is 0 Å². The fraction of sp³-hybridized carbons (Fsp3) is 0.300. The predicted molar refractivity (Wildman–Crippen MR) is 57.2 cm³/mol. The number of benzene rings is 1. The highest BCUT2D eigenvalue weighted by Crippen LogP contribution is 2.26. The Labute approximate surface area is 95.6 Å². The number of anilines is 1. The smallest absolute Gasteiger partial charge is 0.315 e. The highest BCUT2D eigenvalue weighted by Gasteiger charge is 2.19. The van der Waals surface area contributed by atoms with Crippen LogP contribution in [0, 0.1) is 24.0 Å². The summed E-state index contributed by atoms with van der Waals surface area (Å²) in [5.41, 5.74) is 0.692. The van der Waals surface area contributed by atoms with E-state index in [9.17, 15) is 23.7 Å². The van der Waals surface area contributed by atoms with Crippen molar-refractivity contribution in [1.82, 2.24) is 0 Å². The van der Waals surface area contributed by atoms with Crippen molar-refractivity contribution in [3.8, 4) is 0 Å². The van der Waals surface area contributed by atoms with Gasteiger partial charge >= 0.3 is 6.43 Å². The molecule has 7 heteroatoms. The Hall–Kier alpha value is -2.05. The summed E-state index contributed by atoms with van der Waals surface area (Å²) in [6.45, 7) is 3.10. The first kappa shape index (κ1) is 13.0. The summed E-state index contributed by atoms with van der Waals surface area (Å²) in [6.07, 6.45) is -3.16. The van der Waals surface area contributed by atoms with E-state index in [4.69, 9.17) is 0 Å². The van der Waals surface area contributed by atoms with Gasteiger partial charge in [-0.3, -0.25) is 14.9 Å². The van der Waals surface area contributed by atoms with E-state index in [0.717, 1.165) is 6.07 Å². The van der Waals surface area contributed by atoms with Gasteiger partial charge in [-0.2, -0.15) is 8.78 Å². The number of nitro benzene ring substituents is 1. The number of amides is 1. The molecule has 1 amide bonds. The minimum Gasteiger partial charge on any atom is -0.321 e. The molecule has 0 saturated carbocycles. The predicted octanol–water partition coefficient (Wildman–Crippen LogP) is 2.42. The Balaban J connectivity index is 3.12. The summed E-state index contributed by atoms with van der Waals surface area (Å²) < 4.78 is 24.1. The first-order chi connectivity index (χ1) is 7.82. The van der Waals surface area contributed by atoms with Crippen LogP contribution in [0.4, 0.5) is 20.2 Å². The van der Waals surface area contributed by atoms with Gasteiger partial charge < -0.3 is 5.32 Å². The minimum absolute atomic E-state index is 0.0209.